The van der Waals surface area contributed by atoms with Gasteiger partial charge < -0.3 is 24.8 Å². The van der Waals surface area contributed by atoms with E-state index in [0.29, 0.717) is 28.7 Å². The molecule has 0 aliphatic carbocycles. The lowest BCUT2D eigenvalue weighted by atomic mass is 10.2. The summed E-state index contributed by atoms with van der Waals surface area (Å²) in [4.78, 5) is 16.2. The molecule has 194 valence electrons. The number of benzene rings is 2. The van der Waals surface area contributed by atoms with Gasteiger partial charge in [0.1, 0.15) is 11.6 Å². The Labute approximate surface area is 217 Å². The van der Waals surface area contributed by atoms with Crippen molar-refractivity contribution >= 4 is 28.4 Å². The van der Waals surface area contributed by atoms with Gasteiger partial charge in [0.25, 0.3) is 0 Å². The number of hydrogen-bond donors (Lipinski definition) is 3. The van der Waals surface area contributed by atoms with Gasteiger partial charge in [0.05, 0.1) is 11.2 Å². The molecule has 4 heterocycles. The summed E-state index contributed by atoms with van der Waals surface area (Å²) in [7, 11) is 2.06. The Balaban J connectivity index is 1.34. The van der Waals surface area contributed by atoms with Gasteiger partial charge in [-0.1, -0.05) is 30.3 Å². The molecule has 6 rings (SSSR count). The van der Waals surface area contributed by atoms with Crippen LogP contribution in [0.4, 0.5) is 26.2 Å². The molecular weight excluding hydrogens is 490 g/mol. The molecular formula is C27H26F2N8O. The van der Waals surface area contributed by atoms with E-state index in [1.807, 2.05) is 36.4 Å². The van der Waals surface area contributed by atoms with Crippen LogP contribution < -0.4 is 15.0 Å². The topological polar surface area (TPSA) is 98.0 Å². The minimum Gasteiger partial charge on any atom is -0.418 e. The number of halogens is 2. The molecule has 0 atom stereocenters. The monoisotopic (exact) mass is 516 g/mol. The van der Waals surface area contributed by atoms with Crippen molar-refractivity contribution < 1.29 is 13.5 Å². The van der Waals surface area contributed by atoms with Crippen LogP contribution in [0.15, 0.2) is 54.6 Å². The molecule has 1 fully saturated rings. The highest BCUT2D eigenvalue weighted by Gasteiger charge is 2.22. The summed E-state index contributed by atoms with van der Waals surface area (Å²) < 4.78 is 35.8. The number of hydrogen-bond acceptors (Lipinski definition) is 7. The van der Waals surface area contributed by atoms with Gasteiger partial charge in [-0.15, -0.1) is 0 Å². The number of likely N-dealkylation sites (N-methyl/N-ethyl adjacent to an activating group) is 1. The molecule has 0 unspecified atom stereocenters. The lowest BCUT2D eigenvalue weighted by Crippen LogP contribution is -2.44. The molecule has 0 radical (unpaired) electrons. The Kier molecular flexibility index (Phi) is 6.12. The zero-order valence-corrected chi connectivity index (χ0v) is 20.9. The van der Waals surface area contributed by atoms with Crippen LogP contribution in [-0.4, -0.2) is 63.3 Å². The van der Waals surface area contributed by atoms with Crippen molar-refractivity contribution in [1.29, 1.82) is 0 Å². The minimum absolute atomic E-state index is 0.174. The van der Waals surface area contributed by atoms with Crippen LogP contribution in [0, 0.1) is 18.6 Å². The van der Waals surface area contributed by atoms with Gasteiger partial charge in [0.2, 0.25) is 5.75 Å². The van der Waals surface area contributed by atoms with Crippen LogP contribution in [0.25, 0.3) is 22.2 Å². The summed E-state index contributed by atoms with van der Waals surface area (Å²) in [5.41, 5.74) is 2.88. The molecule has 5 aromatic rings. The van der Waals surface area contributed by atoms with Crippen molar-refractivity contribution in [2.75, 3.05) is 43.4 Å². The smallest absolute Gasteiger partial charge is 0.326 e. The molecule has 1 aliphatic rings. The third-order valence-corrected chi connectivity index (χ3v) is 6.54. The van der Waals surface area contributed by atoms with Gasteiger partial charge in [-0.2, -0.15) is 15.1 Å². The number of anilines is 3. The second-order valence-electron chi connectivity index (χ2n) is 9.36. The predicted molar refractivity (Wildman–Crippen MR) is 142 cm³/mol. The largest absolute Gasteiger partial charge is 0.418 e. The van der Waals surface area contributed by atoms with Gasteiger partial charge in [0.15, 0.2) is 17.5 Å². The van der Waals surface area contributed by atoms with Gasteiger partial charge in [-0.3, -0.25) is 5.10 Å². The van der Waals surface area contributed by atoms with Crippen LogP contribution in [0.1, 0.15) is 5.69 Å². The lowest BCUT2D eigenvalue weighted by Gasteiger charge is -2.33. The second kappa shape index (κ2) is 9.75. The Morgan fingerprint density at radius 1 is 0.947 bits per heavy atom. The third kappa shape index (κ3) is 4.75. The van der Waals surface area contributed by atoms with Gasteiger partial charge in [-0.05, 0) is 25.6 Å². The van der Waals surface area contributed by atoms with E-state index in [9.17, 15) is 4.39 Å². The highest BCUT2D eigenvalue weighted by molar-refractivity contribution is 5.83. The van der Waals surface area contributed by atoms with E-state index in [1.54, 1.807) is 19.1 Å². The van der Waals surface area contributed by atoms with Crippen molar-refractivity contribution in [2.24, 2.45) is 0 Å². The van der Waals surface area contributed by atoms with Crippen LogP contribution in [-0.2, 0) is 0 Å². The third-order valence-electron chi connectivity index (χ3n) is 6.54. The van der Waals surface area contributed by atoms with E-state index >= 15 is 4.39 Å². The molecule has 0 spiro atoms. The maximum absolute atomic E-state index is 15.3. The molecule has 0 amide bonds. The number of H-pyrrole nitrogens is 2. The van der Waals surface area contributed by atoms with Gasteiger partial charge in [0, 0.05) is 55.5 Å². The SMILES string of the molecule is Cc1cc2c(F)c(Oc3nc(Nc4cc(-c5ccccc5)[nH]n4)cc(N4CCN(C)CC4)n3)c(F)cc2[nH]1. The number of rotatable bonds is 6. The maximum atomic E-state index is 15.3. The molecule has 9 nitrogen and oxygen atoms in total. The standard InChI is InChI=1S/C27H26F2N8O/c1-16-12-18-21(30-16)13-19(28)26(25(18)29)38-27-32-22(15-24(33-27)37-10-8-36(2)9-11-37)31-23-14-20(34-35-23)17-6-4-3-5-7-17/h3-7,12-15,30H,8-11H2,1-2H3,(H2,31,32,33,34,35). The van der Waals surface area contributed by atoms with E-state index < -0.39 is 17.4 Å². The molecule has 38 heavy (non-hydrogen) atoms. The first-order chi connectivity index (χ1) is 18.4. The van der Waals surface area contributed by atoms with Crippen LogP contribution in [0.2, 0.25) is 0 Å². The normalized spacial score (nSPS) is 14.3. The fourth-order valence-electron chi connectivity index (χ4n) is 4.51. The average Bonchev–Trinajstić information content (AvgIpc) is 3.53. The molecule has 2 aromatic carbocycles. The zero-order chi connectivity index (χ0) is 26.2. The zero-order valence-electron chi connectivity index (χ0n) is 20.9. The average molecular weight is 517 g/mol. The summed E-state index contributed by atoms with van der Waals surface area (Å²) in [5, 5.41) is 10.7. The lowest BCUT2D eigenvalue weighted by molar-refractivity contribution is 0.311. The first-order valence-corrected chi connectivity index (χ1v) is 12.3. The van der Waals surface area contributed by atoms with Crippen molar-refractivity contribution in [1.82, 2.24) is 30.0 Å². The van der Waals surface area contributed by atoms with Crippen molar-refractivity contribution in [3.63, 3.8) is 0 Å². The number of ether oxygens (including phenoxy) is 1. The van der Waals surface area contributed by atoms with Crippen molar-refractivity contribution in [3.05, 3.63) is 71.9 Å². The summed E-state index contributed by atoms with van der Waals surface area (Å²) in [5.74, 6) is -0.714. The predicted octanol–water partition coefficient (Wildman–Crippen LogP) is 5.22. The van der Waals surface area contributed by atoms with E-state index in [0.717, 1.165) is 37.4 Å². The van der Waals surface area contributed by atoms with Crippen molar-refractivity contribution in [2.45, 2.75) is 6.92 Å². The molecule has 1 aliphatic heterocycles. The fourth-order valence-corrected chi connectivity index (χ4v) is 4.51. The molecule has 3 N–H and O–H groups in total. The van der Waals surface area contributed by atoms with E-state index in [-0.39, 0.29) is 11.4 Å². The number of piperazine rings is 1. The first-order valence-electron chi connectivity index (χ1n) is 12.3. The van der Waals surface area contributed by atoms with E-state index in [4.69, 9.17) is 4.74 Å². The Morgan fingerprint density at radius 2 is 1.74 bits per heavy atom. The summed E-state index contributed by atoms with van der Waals surface area (Å²) in [6.45, 7) is 4.97. The molecule has 11 heteroatoms. The van der Waals surface area contributed by atoms with Gasteiger partial charge in [-0.25, -0.2) is 8.78 Å². The Bertz CT molecular complexity index is 1590. The summed E-state index contributed by atoms with van der Waals surface area (Å²) in [6.07, 6.45) is 0. The first kappa shape index (κ1) is 23.9. The Hall–Kier alpha value is -4.51. The molecule has 0 saturated carbocycles. The second-order valence-corrected chi connectivity index (χ2v) is 9.36. The number of aromatic nitrogens is 5. The number of nitrogens with zero attached hydrogens (tertiary/aromatic N) is 5. The van der Waals surface area contributed by atoms with Crippen molar-refractivity contribution in [3.8, 4) is 23.0 Å². The Morgan fingerprint density at radius 3 is 2.53 bits per heavy atom. The quantitative estimate of drug-likeness (QED) is 0.285. The van der Waals surface area contributed by atoms with Crippen LogP contribution in [0.3, 0.4) is 0 Å². The highest BCUT2D eigenvalue weighted by atomic mass is 19.1. The highest BCUT2D eigenvalue weighted by Crippen LogP contribution is 2.34. The van der Waals surface area contributed by atoms with Crippen LogP contribution in [0.5, 0.6) is 11.8 Å². The van der Waals surface area contributed by atoms with E-state index in [2.05, 4.69) is 47.3 Å². The molecule has 3 aromatic heterocycles. The van der Waals surface area contributed by atoms with Crippen LogP contribution >= 0.6 is 0 Å². The fraction of sp³-hybridized carbons (Fsp3) is 0.222. The van der Waals surface area contributed by atoms with Gasteiger partial charge >= 0.3 is 6.01 Å². The summed E-state index contributed by atoms with van der Waals surface area (Å²) >= 11 is 0. The van der Waals surface area contributed by atoms with E-state index in [1.165, 1.54) is 6.07 Å². The maximum Gasteiger partial charge on any atom is 0.326 e. The number of nitrogens with one attached hydrogen (secondary N) is 3. The summed E-state index contributed by atoms with van der Waals surface area (Å²) in [6, 6.07) is 16.1. The number of fused-ring (bicyclic) bond motifs is 1. The minimum atomic E-state index is -0.847. The number of aromatic amines is 2. The number of aryl methyl sites for hydroxylation is 1. The molecule has 0 bridgehead atoms. The molecule has 1 saturated heterocycles.